The molecule has 0 aliphatic heterocycles. The van der Waals surface area contributed by atoms with Crippen molar-refractivity contribution in [2.75, 3.05) is 0 Å². The van der Waals surface area contributed by atoms with Gasteiger partial charge in [0.2, 0.25) is 0 Å². The fourth-order valence-corrected chi connectivity index (χ4v) is 2.07. The summed E-state index contributed by atoms with van der Waals surface area (Å²) >= 11 is 5.94. The maximum absolute atomic E-state index is 5.94. The first-order valence-electron chi connectivity index (χ1n) is 5.31. The van der Waals surface area contributed by atoms with Crippen molar-refractivity contribution in [3.05, 3.63) is 59.8 Å². The van der Waals surface area contributed by atoms with Gasteiger partial charge in [0.05, 0.1) is 16.9 Å². The van der Waals surface area contributed by atoms with E-state index in [0.717, 1.165) is 16.6 Å². The Bertz CT molecular complexity index is 674. The lowest BCUT2D eigenvalue weighted by Gasteiger charge is -2.05. The highest BCUT2D eigenvalue weighted by Crippen LogP contribution is 2.27. The standard InChI is InChI=1S/C14H9ClN2/c15-11-8-14(17-16-9-11)13-7-3-5-10-4-1-2-6-12(10)13/h1-9H. The van der Waals surface area contributed by atoms with Crippen LogP contribution >= 0.6 is 11.6 Å². The fourth-order valence-electron chi connectivity index (χ4n) is 1.92. The van der Waals surface area contributed by atoms with Gasteiger partial charge in [0.1, 0.15) is 0 Å². The van der Waals surface area contributed by atoms with Crippen molar-refractivity contribution < 1.29 is 0 Å². The molecule has 82 valence electrons. The molecule has 0 fully saturated rings. The van der Waals surface area contributed by atoms with E-state index >= 15 is 0 Å². The number of benzene rings is 2. The van der Waals surface area contributed by atoms with Gasteiger partial charge < -0.3 is 0 Å². The maximum atomic E-state index is 5.94. The van der Waals surface area contributed by atoms with Crippen molar-refractivity contribution in [2.45, 2.75) is 0 Å². The molecule has 0 N–H and O–H groups in total. The molecule has 1 aromatic heterocycles. The minimum Gasteiger partial charge on any atom is -0.157 e. The maximum Gasteiger partial charge on any atom is 0.0950 e. The van der Waals surface area contributed by atoms with Crippen LogP contribution in [-0.4, -0.2) is 10.2 Å². The number of nitrogens with zero attached hydrogens (tertiary/aromatic N) is 2. The van der Waals surface area contributed by atoms with Gasteiger partial charge in [-0.3, -0.25) is 0 Å². The summed E-state index contributed by atoms with van der Waals surface area (Å²) in [6.45, 7) is 0. The number of fused-ring (bicyclic) bond motifs is 1. The van der Waals surface area contributed by atoms with Gasteiger partial charge in [-0.2, -0.15) is 10.2 Å². The predicted octanol–water partition coefficient (Wildman–Crippen LogP) is 3.95. The molecule has 3 aromatic rings. The summed E-state index contributed by atoms with van der Waals surface area (Å²) in [5.74, 6) is 0. The zero-order valence-electron chi connectivity index (χ0n) is 8.97. The van der Waals surface area contributed by atoms with Crippen LogP contribution in [0.4, 0.5) is 0 Å². The largest absolute Gasteiger partial charge is 0.157 e. The Balaban J connectivity index is 2.30. The van der Waals surface area contributed by atoms with E-state index in [1.807, 2.05) is 30.3 Å². The first-order valence-corrected chi connectivity index (χ1v) is 5.69. The third-order valence-electron chi connectivity index (χ3n) is 2.69. The molecule has 0 bridgehead atoms. The molecule has 17 heavy (non-hydrogen) atoms. The molecule has 0 unspecified atom stereocenters. The average Bonchev–Trinajstić information content (AvgIpc) is 2.38. The summed E-state index contributed by atoms with van der Waals surface area (Å²) in [6.07, 6.45) is 1.54. The quantitative estimate of drug-likeness (QED) is 0.644. The second kappa shape index (κ2) is 4.15. The van der Waals surface area contributed by atoms with Gasteiger partial charge in [-0.05, 0) is 16.8 Å². The number of halogens is 1. The average molecular weight is 241 g/mol. The van der Waals surface area contributed by atoms with Crippen LogP contribution in [-0.2, 0) is 0 Å². The highest BCUT2D eigenvalue weighted by molar-refractivity contribution is 6.30. The molecule has 0 atom stereocenters. The van der Waals surface area contributed by atoms with Gasteiger partial charge in [-0.15, -0.1) is 0 Å². The van der Waals surface area contributed by atoms with Crippen LogP contribution in [0.1, 0.15) is 0 Å². The number of hydrogen-bond acceptors (Lipinski definition) is 2. The molecular formula is C14H9ClN2. The summed E-state index contributed by atoms with van der Waals surface area (Å²) in [5, 5.41) is 11.0. The number of aromatic nitrogens is 2. The molecule has 0 aliphatic carbocycles. The van der Waals surface area contributed by atoms with Crippen LogP contribution < -0.4 is 0 Å². The molecule has 1 heterocycles. The molecule has 0 saturated carbocycles. The summed E-state index contributed by atoms with van der Waals surface area (Å²) in [4.78, 5) is 0. The third-order valence-corrected chi connectivity index (χ3v) is 2.89. The molecule has 3 heteroatoms. The first kappa shape index (κ1) is 10.2. The van der Waals surface area contributed by atoms with E-state index in [-0.39, 0.29) is 0 Å². The van der Waals surface area contributed by atoms with Gasteiger partial charge in [0.25, 0.3) is 0 Å². The summed E-state index contributed by atoms with van der Waals surface area (Å²) < 4.78 is 0. The normalized spacial score (nSPS) is 10.6. The molecule has 2 aromatic carbocycles. The van der Waals surface area contributed by atoms with Crippen LogP contribution in [0.3, 0.4) is 0 Å². The Labute approximate surface area is 104 Å². The molecule has 0 spiro atoms. The zero-order chi connectivity index (χ0) is 11.7. The Kier molecular flexibility index (Phi) is 2.50. The fraction of sp³-hybridized carbons (Fsp3) is 0. The van der Waals surface area contributed by atoms with E-state index in [2.05, 4.69) is 28.4 Å². The SMILES string of the molecule is Clc1cnnc(-c2cccc3ccccc23)c1. The van der Waals surface area contributed by atoms with Gasteiger partial charge in [0, 0.05) is 5.56 Å². The molecule has 0 amide bonds. The highest BCUT2D eigenvalue weighted by Gasteiger charge is 2.05. The third kappa shape index (κ3) is 1.87. The molecule has 0 saturated heterocycles. The van der Waals surface area contributed by atoms with Crippen LogP contribution in [0.25, 0.3) is 22.0 Å². The minimum atomic E-state index is 0.600. The van der Waals surface area contributed by atoms with Gasteiger partial charge >= 0.3 is 0 Å². The zero-order valence-corrected chi connectivity index (χ0v) is 9.72. The summed E-state index contributed by atoms with van der Waals surface area (Å²) in [7, 11) is 0. The molecule has 2 nitrogen and oxygen atoms in total. The monoisotopic (exact) mass is 240 g/mol. The van der Waals surface area contributed by atoms with Crippen molar-refractivity contribution in [1.29, 1.82) is 0 Å². The topological polar surface area (TPSA) is 25.8 Å². The lowest BCUT2D eigenvalue weighted by molar-refractivity contribution is 1.04. The Morgan fingerprint density at radius 1 is 0.941 bits per heavy atom. The van der Waals surface area contributed by atoms with Crippen molar-refractivity contribution in [2.24, 2.45) is 0 Å². The van der Waals surface area contributed by atoms with Crippen LogP contribution in [0, 0.1) is 0 Å². The van der Waals surface area contributed by atoms with Crippen molar-refractivity contribution in [3.8, 4) is 11.3 Å². The molecule has 3 rings (SSSR count). The summed E-state index contributed by atoms with van der Waals surface area (Å²) in [5.41, 5.74) is 1.85. The lowest BCUT2D eigenvalue weighted by atomic mass is 10.0. The summed E-state index contributed by atoms with van der Waals surface area (Å²) in [6, 6.07) is 16.2. The van der Waals surface area contributed by atoms with Crippen LogP contribution in [0.2, 0.25) is 5.02 Å². The smallest absolute Gasteiger partial charge is 0.0950 e. The predicted molar refractivity (Wildman–Crippen MR) is 70.0 cm³/mol. The van der Waals surface area contributed by atoms with E-state index in [1.54, 1.807) is 0 Å². The van der Waals surface area contributed by atoms with Crippen molar-refractivity contribution in [1.82, 2.24) is 10.2 Å². The van der Waals surface area contributed by atoms with Gasteiger partial charge in [-0.1, -0.05) is 54.1 Å². The number of hydrogen-bond donors (Lipinski definition) is 0. The molecule has 0 aliphatic rings. The van der Waals surface area contributed by atoms with Crippen molar-refractivity contribution >= 4 is 22.4 Å². The van der Waals surface area contributed by atoms with E-state index in [1.165, 1.54) is 11.6 Å². The Hall–Kier alpha value is -1.93. The second-order valence-electron chi connectivity index (χ2n) is 3.79. The van der Waals surface area contributed by atoms with E-state index in [9.17, 15) is 0 Å². The minimum absolute atomic E-state index is 0.600. The first-order chi connectivity index (χ1) is 8.34. The van der Waals surface area contributed by atoms with Crippen LogP contribution in [0.15, 0.2) is 54.7 Å². The van der Waals surface area contributed by atoms with E-state index in [0.29, 0.717) is 5.02 Å². The highest BCUT2D eigenvalue weighted by atomic mass is 35.5. The molecular weight excluding hydrogens is 232 g/mol. The lowest BCUT2D eigenvalue weighted by Crippen LogP contribution is -1.88. The number of rotatable bonds is 1. The molecule has 0 radical (unpaired) electrons. The van der Waals surface area contributed by atoms with E-state index < -0.39 is 0 Å². The van der Waals surface area contributed by atoms with Gasteiger partial charge in [-0.25, -0.2) is 0 Å². The second-order valence-corrected chi connectivity index (χ2v) is 4.22. The Morgan fingerprint density at radius 3 is 2.65 bits per heavy atom. The van der Waals surface area contributed by atoms with Gasteiger partial charge in [0.15, 0.2) is 0 Å². The van der Waals surface area contributed by atoms with E-state index in [4.69, 9.17) is 11.6 Å². The van der Waals surface area contributed by atoms with Crippen molar-refractivity contribution in [3.63, 3.8) is 0 Å². The van der Waals surface area contributed by atoms with Crippen LogP contribution in [0.5, 0.6) is 0 Å². The Morgan fingerprint density at radius 2 is 1.76 bits per heavy atom.